The van der Waals surface area contributed by atoms with E-state index in [0.29, 0.717) is 19.5 Å². The molecule has 1 unspecified atom stereocenters. The SMILES string of the molecule is CCC(=O)N(CCCN(C)C)CC(C)C(=O)O. The molecule has 5 heteroatoms. The number of carbonyl (C=O) groups is 2. The number of hydrogen-bond donors (Lipinski definition) is 1. The molecular weight excluding hydrogens is 220 g/mol. The van der Waals surface area contributed by atoms with Gasteiger partial charge < -0.3 is 14.9 Å². The first-order chi connectivity index (χ1) is 7.88. The van der Waals surface area contributed by atoms with Crippen LogP contribution in [0.3, 0.4) is 0 Å². The molecule has 0 aliphatic carbocycles. The molecule has 0 saturated carbocycles. The third kappa shape index (κ3) is 6.94. The minimum Gasteiger partial charge on any atom is -0.481 e. The highest BCUT2D eigenvalue weighted by Gasteiger charge is 2.18. The Morgan fingerprint density at radius 3 is 2.24 bits per heavy atom. The van der Waals surface area contributed by atoms with Gasteiger partial charge in [0, 0.05) is 19.5 Å². The summed E-state index contributed by atoms with van der Waals surface area (Å²) < 4.78 is 0. The van der Waals surface area contributed by atoms with Gasteiger partial charge in [0.2, 0.25) is 5.91 Å². The van der Waals surface area contributed by atoms with E-state index >= 15 is 0 Å². The Bertz CT molecular complexity index is 254. The predicted octanol–water partition coefficient (Wildman–Crippen LogP) is 0.897. The van der Waals surface area contributed by atoms with Crippen molar-refractivity contribution >= 4 is 11.9 Å². The molecule has 1 N–H and O–H groups in total. The van der Waals surface area contributed by atoms with Crippen LogP contribution in [0.1, 0.15) is 26.7 Å². The van der Waals surface area contributed by atoms with Crippen LogP contribution in [0.25, 0.3) is 0 Å². The first-order valence-electron chi connectivity index (χ1n) is 6.03. The van der Waals surface area contributed by atoms with Crippen molar-refractivity contribution in [1.29, 1.82) is 0 Å². The minimum absolute atomic E-state index is 0.0249. The molecule has 0 bridgehead atoms. The summed E-state index contributed by atoms with van der Waals surface area (Å²) in [5, 5.41) is 8.85. The van der Waals surface area contributed by atoms with Gasteiger partial charge in [0.05, 0.1) is 5.92 Å². The lowest BCUT2D eigenvalue weighted by Crippen LogP contribution is -2.38. The number of aliphatic carboxylic acids is 1. The molecule has 0 rings (SSSR count). The van der Waals surface area contributed by atoms with Crippen LogP contribution >= 0.6 is 0 Å². The standard InChI is InChI=1S/C12H24N2O3/c1-5-11(15)14(8-6-7-13(3)4)9-10(2)12(16)17/h10H,5-9H2,1-4H3,(H,16,17). The molecule has 0 heterocycles. The fraction of sp³-hybridized carbons (Fsp3) is 0.833. The van der Waals surface area contributed by atoms with Crippen LogP contribution in [0.2, 0.25) is 0 Å². The number of carboxylic acids is 1. The highest BCUT2D eigenvalue weighted by molar-refractivity contribution is 5.77. The summed E-state index contributed by atoms with van der Waals surface area (Å²) in [5.74, 6) is -1.34. The predicted molar refractivity (Wildman–Crippen MR) is 66.8 cm³/mol. The molecule has 0 radical (unpaired) electrons. The molecule has 1 atom stereocenters. The molecule has 0 saturated heterocycles. The maximum atomic E-state index is 11.7. The zero-order valence-corrected chi connectivity index (χ0v) is 11.3. The van der Waals surface area contributed by atoms with Crippen LogP contribution < -0.4 is 0 Å². The van der Waals surface area contributed by atoms with Crippen molar-refractivity contribution < 1.29 is 14.7 Å². The first-order valence-corrected chi connectivity index (χ1v) is 6.03. The van der Waals surface area contributed by atoms with E-state index in [1.54, 1.807) is 18.7 Å². The summed E-state index contributed by atoms with van der Waals surface area (Å²) in [6.07, 6.45) is 1.29. The monoisotopic (exact) mass is 244 g/mol. The maximum absolute atomic E-state index is 11.7. The van der Waals surface area contributed by atoms with E-state index in [4.69, 9.17) is 5.11 Å². The summed E-state index contributed by atoms with van der Waals surface area (Å²) in [4.78, 5) is 26.2. The molecule has 5 nitrogen and oxygen atoms in total. The fourth-order valence-corrected chi connectivity index (χ4v) is 1.53. The van der Waals surface area contributed by atoms with Crippen LogP contribution in [-0.4, -0.2) is 60.5 Å². The van der Waals surface area contributed by atoms with E-state index in [1.165, 1.54) is 0 Å². The van der Waals surface area contributed by atoms with Crippen molar-refractivity contribution in [3.8, 4) is 0 Å². The average Bonchev–Trinajstić information content (AvgIpc) is 2.25. The third-order valence-electron chi connectivity index (χ3n) is 2.60. The summed E-state index contributed by atoms with van der Waals surface area (Å²) in [6, 6.07) is 0. The topological polar surface area (TPSA) is 60.9 Å². The smallest absolute Gasteiger partial charge is 0.308 e. The lowest BCUT2D eigenvalue weighted by Gasteiger charge is -2.24. The van der Waals surface area contributed by atoms with Crippen LogP contribution in [0, 0.1) is 5.92 Å². The van der Waals surface area contributed by atoms with E-state index in [2.05, 4.69) is 4.90 Å². The Kier molecular flexibility index (Phi) is 7.54. The second-order valence-corrected chi connectivity index (χ2v) is 4.59. The van der Waals surface area contributed by atoms with Crippen molar-refractivity contribution in [3.05, 3.63) is 0 Å². The zero-order valence-electron chi connectivity index (χ0n) is 11.3. The van der Waals surface area contributed by atoms with Gasteiger partial charge in [0.15, 0.2) is 0 Å². The summed E-state index contributed by atoms with van der Waals surface area (Å²) in [5.41, 5.74) is 0. The first kappa shape index (κ1) is 15.9. The van der Waals surface area contributed by atoms with Crippen LogP contribution in [0.15, 0.2) is 0 Å². The third-order valence-corrected chi connectivity index (χ3v) is 2.60. The lowest BCUT2D eigenvalue weighted by atomic mass is 10.1. The maximum Gasteiger partial charge on any atom is 0.308 e. The second-order valence-electron chi connectivity index (χ2n) is 4.59. The van der Waals surface area contributed by atoms with Gasteiger partial charge in [0.1, 0.15) is 0 Å². The van der Waals surface area contributed by atoms with Gasteiger partial charge in [-0.1, -0.05) is 13.8 Å². The van der Waals surface area contributed by atoms with E-state index in [0.717, 1.165) is 13.0 Å². The molecule has 0 aromatic carbocycles. The van der Waals surface area contributed by atoms with E-state index < -0.39 is 11.9 Å². The molecular formula is C12H24N2O3. The molecule has 17 heavy (non-hydrogen) atoms. The Morgan fingerprint density at radius 2 is 1.82 bits per heavy atom. The number of nitrogens with zero attached hydrogens (tertiary/aromatic N) is 2. The second kappa shape index (κ2) is 8.06. The van der Waals surface area contributed by atoms with Crippen LogP contribution in [0.5, 0.6) is 0 Å². The Morgan fingerprint density at radius 1 is 1.24 bits per heavy atom. The number of carbonyl (C=O) groups excluding carboxylic acids is 1. The van der Waals surface area contributed by atoms with Crippen molar-refractivity contribution in [2.45, 2.75) is 26.7 Å². The van der Waals surface area contributed by atoms with Crippen molar-refractivity contribution in [2.75, 3.05) is 33.7 Å². The molecule has 0 fully saturated rings. The molecule has 1 amide bonds. The Labute approximate surface area is 103 Å². The van der Waals surface area contributed by atoms with Gasteiger partial charge in [-0.25, -0.2) is 0 Å². The molecule has 0 spiro atoms. The lowest BCUT2D eigenvalue weighted by molar-refractivity contribution is -0.143. The number of rotatable bonds is 8. The van der Waals surface area contributed by atoms with Crippen molar-refractivity contribution in [1.82, 2.24) is 9.80 Å². The molecule has 0 aromatic heterocycles. The Hall–Kier alpha value is -1.10. The van der Waals surface area contributed by atoms with E-state index in [1.807, 2.05) is 14.1 Å². The van der Waals surface area contributed by atoms with Gasteiger partial charge in [-0.05, 0) is 27.1 Å². The largest absolute Gasteiger partial charge is 0.481 e. The Balaban J connectivity index is 4.24. The van der Waals surface area contributed by atoms with E-state index in [-0.39, 0.29) is 5.91 Å². The van der Waals surface area contributed by atoms with Crippen LogP contribution in [-0.2, 0) is 9.59 Å². The van der Waals surface area contributed by atoms with Crippen LogP contribution in [0.4, 0.5) is 0 Å². The number of carboxylic acid groups (broad SMARTS) is 1. The fourth-order valence-electron chi connectivity index (χ4n) is 1.53. The molecule has 0 aliphatic heterocycles. The molecule has 0 aromatic rings. The normalized spacial score (nSPS) is 12.5. The average molecular weight is 244 g/mol. The van der Waals surface area contributed by atoms with Gasteiger partial charge in [-0.2, -0.15) is 0 Å². The van der Waals surface area contributed by atoms with Crippen molar-refractivity contribution in [2.24, 2.45) is 5.92 Å². The highest BCUT2D eigenvalue weighted by atomic mass is 16.4. The van der Waals surface area contributed by atoms with Gasteiger partial charge in [0.25, 0.3) is 0 Å². The number of amides is 1. The van der Waals surface area contributed by atoms with Gasteiger partial charge >= 0.3 is 5.97 Å². The van der Waals surface area contributed by atoms with Gasteiger partial charge in [-0.3, -0.25) is 9.59 Å². The molecule has 100 valence electrons. The van der Waals surface area contributed by atoms with Crippen molar-refractivity contribution in [3.63, 3.8) is 0 Å². The highest BCUT2D eigenvalue weighted by Crippen LogP contribution is 2.04. The molecule has 0 aliphatic rings. The summed E-state index contributed by atoms with van der Waals surface area (Å²) >= 11 is 0. The summed E-state index contributed by atoms with van der Waals surface area (Å²) in [6.45, 7) is 5.25. The van der Waals surface area contributed by atoms with E-state index in [9.17, 15) is 9.59 Å². The van der Waals surface area contributed by atoms with Gasteiger partial charge in [-0.15, -0.1) is 0 Å². The zero-order chi connectivity index (χ0) is 13.4. The quantitative estimate of drug-likeness (QED) is 0.689. The summed E-state index contributed by atoms with van der Waals surface area (Å²) in [7, 11) is 3.96. The minimum atomic E-state index is -0.855. The number of hydrogen-bond acceptors (Lipinski definition) is 3.